The van der Waals surface area contributed by atoms with Crippen molar-refractivity contribution in [3.8, 4) is 0 Å². The second kappa shape index (κ2) is 5.62. The largest absolute Gasteiger partial charge is 0.481 e. The highest BCUT2D eigenvalue weighted by atomic mass is 16.6. The molecule has 116 valence electrons. The summed E-state index contributed by atoms with van der Waals surface area (Å²) in [6, 6.07) is 0. The van der Waals surface area contributed by atoms with E-state index in [-0.39, 0.29) is 29.8 Å². The second-order valence-electron chi connectivity index (χ2n) is 7.53. The summed E-state index contributed by atoms with van der Waals surface area (Å²) in [6.07, 6.45) is -0.165. The summed E-state index contributed by atoms with van der Waals surface area (Å²) in [5.41, 5.74) is -0.741. The first-order valence-corrected chi connectivity index (χ1v) is 7.12. The predicted octanol–water partition coefficient (Wildman–Crippen LogP) is 2.99. The number of rotatable bonds is 2. The van der Waals surface area contributed by atoms with Gasteiger partial charge < -0.3 is 14.7 Å². The van der Waals surface area contributed by atoms with Crippen LogP contribution in [0.2, 0.25) is 0 Å². The molecular formula is C15H27NO4. The Kier molecular flexibility index (Phi) is 4.72. The van der Waals surface area contributed by atoms with Crippen LogP contribution in [0.3, 0.4) is 0 Å². The van der Waals surface area contributed by atoms with Crippen molar-refractivity contribution in [2.75, 3.05) is 13.1 Å². The van der Waals surface area contributed by atoms with Gasteiger partial charge in [0, 0.05) is 19.5 Å². The van der Waals surface area contributed by atoms with Crippen LogP contribution < -0.4 is 0 Å². The summed E-state index contributed by atoms with van der Waals surface area (Å²) in [5, 5.41) is 9.04. The molecule has 5 heteroatoms. The molecule has 0 spiro atoms. The number of hydrogen-bond donors (Lipinski definition) is 1. The first-order valence-electron chi connectivity index (χ1n) is 7.12. The lowest BCUT2D eigenvalue weighted by molar-refractivity contribution is -0.141. The van der Waals surface area contributed by atoms with Gasteiger partial charge in [-0.1, -0.05) is 20.8 Å². The van der Waals surface area contributed by atoms with Crippen molar-refractivity contribution in [1.82, 2.24) is 4.90 Å². The van der Waals surface area contributed by atoms with E-state index in [4.69, 9.17) is 9.84 Å². The van der Waals surface area contributed by atoms with Crippen molar-refractivity contribution in [3.63, 3.8) is 0 Å². The van der Waals surface area contributed by atoms with Gasteiger partial charge in [0.25, 0.3) is 0 Å². The molecule has 0 radical (unpaired) electrons. The molecule has 0 aromatic carbocycles. The number of carboxylic acids is 1. The fourth-order valence-corrected chi connectivity index (χ4v) is 3.05. The normalized spacial score (nSPS) is 26.2. The zero-order valence-electron chi connectivity index (χ0n) is 13.4. The van der Waals surface area contributed by atoms with Gasteiger partial charge in [0.15, 0.2) is 0 Å². The number of amides is 1. The molecule has 5 nitrogen and oxygen atoms in total. The third-order valence-corrected chi connectivity index (χ3v) is 3.84. The van der Waals surface area contributed by atoms with Gasteiger partial charge in [-0.3, -0.25) is 4.79 Å². The molecule has 0 aliphatic carbocycles. The summed E-state index contributed by atoms with van der Waals surface area (Å²) in [5.74, 6) is -0.568. The van der Waals surface area contributed by atoms with Crippen LogP contribution in [-0.4, -0.2) is 40.8 Å². The molecule has 2 atom stereocenters. The van der Waals surface area contributed by atoms with E-state index in [2.05, 4.69) is 0 Å². The fraction of sp³-hybridized carbons (Fsp3) is 0.867. The quantitative estimate of drug-likeness (QED) is 0.847. The standard InChI is InChI=1S/C15H27NO4/c1-10-8-16(13(19)20-14(2,3)4)9-15(5,6)11(10)7-12(17)18/h10-11H,7-9H2,1-6H3,(H,17,18). The highest BCUT2D eigenvalue weighted by Gasteiger charge is 2.43. The Morgan fingerprint density at radius 2 is 1.90 bits per heavy atom. The Bertz CT molecular complexity index is 384. The summed E-state index contributed by atoms with van der Waals surface area (Å²) in [6.45, 7) is 12.7. The molecular weight excluding hydrogens is 258 g/mol. The van der Waals surface area contributed by atoms with Crippen LogP contribution in [0, 0.1) is 17.3 Å². The first-order chi connectivity index (χ1) is 8.92. The zero-order chi connectivity index (χ0) is 15.7. The second-order valence-corrected chi connectivity index (χ2v) is 7.53. The lowest BCUT2D eigenvalue weighted by Gasteiger charge is -2.47. The van der Waals surface area contributed by atoms with Gasteiger partial charge in [0.2, 0.25) is 0 Å². The Hall–Kier alpha value is -1.26. The predicted molar refractivity (Wildman–Crippen MR) is 76.5 cm³/mol. The van der Waals surface area contributed by atoms with Gasteiger partial charge in [-0.2, -0.15) is 0 Å². The fourth-order valence-electron chi connectivity index (χ4n) is 3.05. The van der Waals surface area contributed by atoms with Crippen molar-refractivity contribution in [3.05, 3.63) is 0 Å². The molecule has 1 aliphatic heterocycles. The van der Waals surface area contributed by atoms with Crippen LogP contribution >= 0.6 is 0 Å². The highest BCUT2D eigenvalue weighted by molar-refractivity contribution is 5.69. The molecule has 1 heterocycles. The van der Waals surface area contributed by atoms with Crippen molar-refractivity contribution < 1.29 is 19.4 Å². The molecule has 0 bridgehead atoms. The molecule has 1 amide bonds. The van der Waals surface area contributed by atoms with Gasteiger partial charge in [0.05, 0.1) is 0 Å². The number of carbonyl (C=O) groups excluding carboxylic acids is 1. The van der Waals surface area contributed by atoms with Crippen LogP contribution in [0.15, 0.2) is 0 Å². The minimum absolute atomic E-state index is 0.0682. The number of aliphatic carboxylic acids is 1. The highest BCUT2D eigenvalue weighted by Crippen LogP contribution is 2.40. The van der Waals surface area contributed by atoms with Crippen LogP contribution in [-0.2, 0) is 9.53 Å². The Balaban J connectivity index is 2.79. The smallest absolute Gasteiger partial charge is 0.410 e. The van der Waals surface area contributed by atoms with E-state index >= 15 is 0 Å². The van der Waals surface area contributed by atoms with Crippen LogP contribution in [0.4, 0.5) is 4.79 Å². The number of nitrogens with zero attached hydrogens (tertiary/aromatic N) is 1. The Labute approximate surface area is 121 Å². The van der Waals surface area contributed by atoms with Crippen molar-refractivity contribution in [2.45, 2.75) is 53.6 Å². The van der Waals surface area contributed by atoms with E-state index in [1.54, 1.807) is 4.90 Å². The molecule has 1 fully saturated rings. The van der Waals surface area contributed by atoms with E-state index < -0.39 is 11.6 Å². The third-order valence-electron chi connectivity index (χ3n) is 3.84. The molecule has 1 N–H and O–H groups in total. The maximum Gasteiger partial charge on any atom is 0.410 e. The van der Waals surface area contributed by atoms with E-state index in [0.717, 1.165) is 0 Å². The van der Waals surface area contributed by atoms with Crippen molar-refractivity contribution in [1.29, 1.82) is 0 Å². The molecule has 20 heavy (non-hydrogen) atoms. The Morgan fingerprint density at radius 3 is 2.30 bits per heavy atom. The van der Waals surface area contributed by atoms with E-state index in [1.165, 1.54) is 0 Å². The molecule has 0 aromatic rings. The average molecular weight is 285 g/mol. The van der Waals surface area contributed by atoms with E-state index in [0.29, 0.717) is 13.1 Å². The number of piperidine rings is 1. The van der Waals surface area contributed by atoms with Gasteiger partial charge in [0.1, 0.15) is 5.60 Å². The van der Waals surface area contributed by atoms with Gasteiger partial charge in [-0.15, -0.1) is 0 Å². The average Bonchev–Trinajstić information content (AvgIpc) is 2.20. The minimum Gasteiger partial charge on any atom is -0.481 e. The monoisotopic (exact) mass is 285 g/mol. The first kappa shape index (κ1) is 16.8. The number of carboxylic acid groups (broad SMARTS) is 1. The van der Waals surface area contributed by atoms with Crippen LogP contribution in [0.1, 0.15) is 48.0 Å². The SMILES string of the molecule is CC1CN(C(=O)OC(C)(C)C)CC(C)(C)C1CC(=O)O. The molecule has 1 saturated heterocycles. The topological polar surface area (TPSA) is 66.8 Å². The molecule has 0 aromatic heterocycles. The molecule has 1 aliphatic rings. The lowest BCUT2D eigenvalue weighted by Crippen LogP contribution is -2.53. The van der Waals surface area contributed by atoms with Crippen molar-refractivity contribution in [2.24, 2.45) is 17.3 Å². The number of ether oxygens (including phenoxy) is 1. The number of carbonyl (C=O) groups is 2. The summed E-state index contributed by atoms with van der Waals surface area (Å²) in [4.78, 5) is 24.9. The summed E-state index contributed by atoms with van der Waals surface area (Å²) >= 11 is 0. The maximum absolute atomic E-state index is 12.2. The molecule has 1 rings (SSSR count). The van der Waals surface area contributed by atoms with Crippen LogP contribution in [0.25, 0.3) is 0 Å². The maximum atomic E-state index is 12.2. The summed E-state index contributed by atoms with van der Waals surface area (Å²) < 4.78 is 5.41. The van der Waals surface area contributed by atoms with E-state index in [1.807, 2.05) is 41.5 Å². The lowest BCUT2D eigenvalue weighted by atomic mass is 9.67. The molecule has 0 saturated carbocycles. The molecule has 2 unspecified atom stereocenters. The van der Waals surface area contributed by atoms with Crippen LogP contribution in [0.5, 0.6) is 0 Å². The number of hydrogen-bond acceptors (Lipinski definition) is 3. The number of likely N-dealkylation sites (tertiary alicyclic amines) is 1. The van der Waals surface area contributed by atoms with Gasteiger partial charge in [-0.05, 0) is 38.0 Å². The van der Waals surface area contributed by atoms with Gasteiger partial charge >= 0.3 is 12.1 Å². The summed E-state index contributed by atoms with van der Waals surface area (Å²) in [7, 11) is 0. The third kappa shape index (κ3) is 4.39. The Morgan fingerprint density at radius 1 is 1.35 bits per heavy atom. The zero-order valence-corrected chi connectivity index (χ0v) is 13.4. The minimum atomic E-state index is -0.777. The van der Waals surface area contributed by atoms with E-state index in [9.17, 15) is 9.59 Å². The van der Waals surface area contributed by atoms with Gasteiger partial charge in [-0.25, -0.2) is 4.79 Å². The van der Waals surface area contributed by atoms with Crippen molar-refractivity contribution >= 4 is 12.1 Å².